The average Bonchev–Trinajstić information content (AvgIpc) is 3.27. The number of likely N-dealkylation sites (tertiary alicyclic amines) is 1. The zero-order valence-electron chi connectivity index (χ0n) is 18.4. The van der Waals surface area contributed by atoms with Crippen LogP contribution in [0, 0.1) is 23.3 Å². The molecule has 1 aromatic heterocycles. The molecule has 1 unspecified atom stereocenters. The smallest absolute Gasteiger partial charge is 0.234 e. The number of thioether (sulfide) groups is 1. The number of piperidine rings is 1. The minimum absolute atomic E-state index is 0.0580. The van der Waals surface area contributed by atoms with Gasteiger partial charge in [-0.1, -0.05) is 18.2 Å². The number of rotatable bonds is 7. The van der Waals surface area contributed by atoms with Gasteiger partial charge in [0.15, 0.2) is 28.4 Å². The van der Waals surface area contributed by atoms with Gasteiger partial charge in [-0.25, -0.2) is 17.6 Å². The minimum atomic E-state index is -1.65. The summed E-state index contributed by atoms with van der Waals surface area (Å²) in [6.07, 6.45) is 3.37. The highest BCUT2D eigenvalue weighted by atomic mass is 32.2. The topological polar surface area (TPSA) is 63.1 Å². The number of benzene rings is 2. The Morgan fingerprint density at radius 1 is 1.00 bits per heavy atom. The fourth-order valence-electron chi connectivity index (χ4n) is 3.89. The SMILES string of the molecule is CC(c1nnc(SCC(=O)Nc2ccc(F)c(F)c2F)n1-c1ccc(F)cc1)N1CCCCC1. The van der Waals surface area contributed by atoms with Gasteiger partial charge in [-0.3, -0.25) is 14.3 Å². The molecule has 0 spiro atoms. The summed E-state index contributed by atoms with van der Waals surface area (Å²) in [6, 6.07) is 7.50. The monoisotopic (exact) mass is 493 g/mol. The maximum Gasteiger partial charge on any atom is 0.234 e. The van der Waals surface area contributed by atoms with Crippen molar-refractivity contribution in [1.29, 1.82) is 0 Å². The number of aromatic nitrogens is 3. The quantitative estimate of drug-likeness (QED) is 0.282. The molecule has 2 aromatic carbocycles. The molecule has 6 nitrogen and oxygen atoms in total. The van der Waals surface area contributed by atoms with Gasteiger partial charge >= 0.3 is 0 Å². The molecule has 2 heterocycles. The molecular weight excluding hydrogens is 470 g/mol. The first-order valence-corrected chi connectivity index (χ1v) is 11.8. The normalized spacial score (nSPS) is 15.3. The molecule has 1 N–H and O–H groups in total. The van der Waals surface area contributed by atoms with E-state index in [-0.39, 0.29) is 17.6 Å². The molecule has 0 radical (unpaired) electrons. The molecule has 180 valence electrons. The van der Waals surface area contributed by atoms with Crippen LogP contribution in [0.3, 0.4) is 0 Å². The lowest BCUT2D eigenvalue weighted by Gasteiger charge is -2.31. The van der Waals surface area contributed by atoms with Crippen molar-refractivity contribution in [2.75, 3.05) is 24.2 Å². The van der Waals surface area contributed by atoms with E-state index in [0.29, 0.717) is 16.7 Å². The number of carbonyl (C=O) groups excluding carboxylic acids is 1. The van der Waals surface area contributed by atoms with Gasteiger partial charge < -0.3 is 5.32 Å². The zero-order chi connectivity index (χ0) is 24.2. The lowest BCUT2D eigenvalue weighted by molar-refractivity contribution is -0.113. The van der Waals surface area contributed by atoms with Gasteiger partial charge in [-0.05, 0) is 69.3 Å². The third-order valence-corrected chi connectivity index (χ3v) is 6.63. The van der Waals surface area contributed by atoms with Gasteiger partial charge in [-0.2, -0.15) is 0 Å². The summed E-state index contributed by atoms with van der Waals surface area (Å²) in [5, 5.41) is 11.2. The summed E-state index contributed by atoms with van der Waals surface area (Å²) < 4.78 is 55.7. The molecule has 1 amide bonds. The predicted molar refractivity (Wildman–Crippen MR) is 121 cm³/mol. The number of nitrogens with zero attached hydrogens (tertiary/aromatic N) is 4. The van der Waals surface area contributed by atoms with Crippen LogP contribution >= 0.6 is 11.8 Å². The first-order chi connectivity index (χ1) is 16.3. The number of hydrogen-bond acceptors (Lipinski definition) is 5. The van der Waals surface area contributed by atoms with Gasteiger partial charge in [0.1, 0.15) is 5.82 Å². The second-order valence-corrected chi connectivity index (χ2v) is 8.93. The number of carbonyl (C=O) groups is 1. The Morgan fingerprint density at radius 2 is 1.71 bits per heavy atom. The Labute approximate surface area is 198 Å². The largest absolute Gasteiger partial charge is 0.323 e. The van der Waals surface area contributed by atoms with Gasteiger partial charge in [0, 0.05) is 5.69 Å². The number of anilines is 1. The third kappa shape index (κ3) is 5.25. The first kappa shape index (κ1) is 24.2. The summed E-state index contributed by atoms with van der Waals surface area (Å²) in [5.41, 5.74) is 0.184. The van der Waals surface area contributed by atoms with Gasteiger partial charge in [0.2, 0.25) is 5.91 Å². The molecule has 34 heavy (non-hydrogen) atoms. The molecule has 0 aliphatic carbocycles. The Balaban J connectivity index is 1.55. The molecule has 0 bridgehead atoms. The molecule has 1 fully saturated rings. The summed E-state index contributed by atoms with van der Waals surface area (Å²) in [7, 11) is 0. The fraction of sp³-hybridized carbons (Fsp3) is 0.348. The van der Waals surface area contributed by atoms with Crippen molar-refractivity contribution in [3.05, 3.63) is 65.5 Å². The van der Waals surface area contributed by atoms with E-state index in [1.807, 2.05) is 6.92 Å². The molecule has 3 aromatic rings. The van der Waals surface area contributed by atoms with Gasteiger partial charge in [0.05, 0.1) is 17.5 Å². The van der Waals surface area contributed by atoms with E-state index >= 15 is 0 Å². The number of hydrogen-bond donors (Lipinski definition) is 1. The lowest BCUT2D eigenvalue weighted by atomic mass is 10.1. The summed E-state index contributed by atoms with van der Waals surface area (Å²) >= 11 is 1.05. The maximum absolute atomic E-state index is 13.9. The van der Waals surface area contributed by atoms with Crippen molar-refractivity contribution in [2.24, 2.45) is 0 Å². The molecule has 1 aliphatic heterocycles. The van der Waals surface area contributed by atoms with Gasteiger partial charge in [0.25, 0.3) is 0 Å². The summed E-state index contributed by atoms with van der Waals surface area (Å²) in [6.45, 7) is 3.90. The van der Waals surface area contributed by atoms with Crippen molar-refractivity contribution in [3.8, 4) is 5.69 Å². The highest BCUT2D eigenvalue weighted by Crippen LogP contribution is 2.29. The zero-order valence-corrected chi connectivity index (χ0v) is 19.2. The van der Waals surface area contributed by atoms with Crippen LogP contribution in [-0.2, 0) is 4.79 Å². The van der Waals surface area contributed by atoms with E-state index in [2.05, 4.69) is 20.4 Å². The molecule has 1 atom stereocenters. The van der Waals surface area contributed by atoms with Crippen molar-refractivity contribution in [2.45, 2.75) is 37.4 Å². The van der Waals surface area contributed by atoms with Gasteiger partial charge in [-0.15, -0.1) is 10.2 Å². The number of halogens is 4. The van der Waals surface area contributed by atoms with E-state index in [4.69, 9.17) is 0 Å². The predicted octanol–water partition coefficient (Wildman–Crippen LogP) is 5.10. The van der Waals surface area contributed by atoms with Crippen molar-refractivity contribution >= 4 is 23.4 Å². The molecule has 0 saturated carbocycles. The van der Waals surface area contributed by atoms with E-state index < -0.39 is 29.0 Å². The standard InChI is InChI=1S/C23H23F4N5OS/c1-14(31-11-3-2-4-12-31)22-29-30-23(32(22)16-7-5-15(24)6-8-16)34-13-19(33)28-18-10-9-17(25)20(26)21(18)27/h5-10,14H,2-4,11-13H2,1H3,(H,28,33). The Bertz CT molecular complexity index is 1160. The average molecular weight is 494 g/mol. The molecule has 11 heteroatoms. The Hall–Kier alpha value is -2.92. The van der Waals surface area contributed by atoms with Crippen LogP contribution < -0.4 is 5.32 Å². The lowest BCUT2D eigenvalue weighted by Crippen LogP contribution is -2.33. The Kier molecular flexibility index (Phi) is 7.52. The van der Waals surface area contributed by atoms with E-state index in [0.717, 1.165) is 49.8 Å². The van der Waals surface area contributed by atoms with Crippen LogP contribution in [0.25, 0.3) is 5.69 Å². The van der Waals surface area contributed by atoms with Crippen LogP contribution in [0.15, 0.2) is 41.6 Å². The van der Waals surface area contributed by atoms with Crippen LogP contribution in [-0.4, -0.2) is 44.4 Å². The van der Waals surface area contributed by atoms with E-state index in [1.54, 1.807) is 16.7 Å². The summed E-state index contributed by atoms with van der Waals surface area (Å²) in [4.78, 5) is 14.7. The summed E-state index contributed by atoms with van der Waals surface area (Å²) in [5.74, 6) is -5.01. The highest BCUT2D eigenvalue weighted by molar-refractivity contribution is 7.99. The first-order valence-electron chi connectivity index (χ1n) is 10.9. The number of nitrogens with one attached hydrogen (secondary N) is 1. The molecular formula is C23H23F4N5OS. The third-order valence-electron chi connectivity index (χ3n) is 5.70. The van der Waals surface area contributed by atoms with E-state index in [9.17, 15) is 22.4 Å². The Morgan fingerprint density at radius 3 is 2.41 bits per heavy atom. The van der Waals surface area contributed by atoms with Crippen LogP contribution in [0.5, 0.6) is 0 Å². The van der Waals surface area contributed by atoms with Crippen molar-refractivity contribution in [1.82, 2.24) is 19.7 Å². The number of amides is 1. The van der Waals surface area contributed by atoms with Crippen molar-refractivity contribution in [3.63, 3.8) is 0 Å². The second-order valence-electron chi connectivity index (χ2n) is 7.98. The molecule has 1 saturated heterocycles. The molecule has 1 aliphatic rings. The second kappa shape index (κ2) is 10.6. The highest BCUT2D eigenvalue weighted by Gasteiger charge is 2.26. The molecule has 4 rings (SSSR count). The van der Waals surface area contributed by atoms with Crippen LogP contribution in [0.1, 0.15) is 38.1 Å². The fourth-order valence-corrected chi connectivity index (χ4v) is 4.64. The maximum atomic E-state index is 13.9. The minimum Gasteiger partial charge on any atom is -0.323 e. The van der Waals surface area contributed by atoms with Crippen molar-refractivity contribution < 1.29 is 22.4 Å². The van der Waals surface area contributed by atoms with Crippen LogP contribution in [0.4, 0.5) is 23.2 Å². The van der Waals surface area contributed by atoms with E-state index in [1.165, 1.54) is 18.6 Å². The van der Waals surface area contributed by atoms with Crippen LogP contribution in [0.2, 0.25) is 0 Å².